The van der Waals surface area contributed by atoms with E-state index in [9.17, 15) is 0 Å². The van der Waals surface area contributed by atoms with Crippen LogP contribution in [0.5, 0.6) is 0 Å². The van der Waals surface area contributed by atoms with Crippen LogP contribution in [0.25, 0.3) is 0 Å². The summed E-state index contributed by atoms with van der Waals surface area (Å²) in [6, 6.07) is 1.32. The zero-order chi connectivity index (χ0) is 11.1. The lowest BCUT2D eigenvalue weighted by Crippen LogP contribution is -2.29. The van der Waals surface area contributed by atoms with Gasteiger partial charge in [-0.2, -0.15) is 0 Å². The fourth-order valence-electron chi connectivity index (χ4n) is 2.23. The summed E-state index contributed by atoms with van der Waals surface area (Å²) >= 11 is 5.32. The predicted molar refractivity (Wildman–Crippen MR) is 66.3 cm³/mol. The van der Waals surface area contributed by atoms with E-state index in [0.717, 1.165) is 17.3 Å². The molecule has 2 saturated carbocycles. The average Bonchev–Trinajstić information content (AvgIpc) is 3.14. The van der Waals surface area contributed by atoms with Crippen LogP contribution in [-0.2, 0) is 0 Å². The monoisotopic (exact) mass is 238 g/mol. The van der Waals surface area contributed by atoms with Gasteiger partial charge in [-0.1, -0.05) is 6.92 Å². The van der Waals surface area contributed by atoms with Gasteiger partial charge in [0.2, 0.25) is 5.95 Å². The molecule has 0 radical (unpaired) electrons. The Morgan fingerprint density at radius 2 is 2.19 bits per heavy atom. The number of nitrogens with one attached hydrogen (secondary N) is 1. The van der Waals surface area contributed by atoms with Crippen molar-refractivity contribution in [3.63, 3.8) is 0 Å². The summed E-state index contributed by atoms with van der Waals surface area (Å²) in [5.74, 6) is 1.08. The highest BCUT2D eigenvalue weighted by atomic mass is 32.1. The van der Waals surface area contributed by atoms with Gasteiger partial charge in [0.05, 0.1) is 0 Å². The van der Waals surface area contributed by atoms with Crippen LogP contribution in [0, 0.1) is 4.77 Å². The number of hydrogen-bond acceptors (Lipinski definition) is 3. The highest BCUT2D eigenvalue weighted by Crippen LogP contribution is 2.40. The van der Waals surface area contributed by atoms with Gasteiger partial charge in [0.1, 0.15) is 0 Å². The van der Waals surface area contributed by atoms with Gasteiger partial charge in [0.25, 0.3) is 0 Å². The lowest BCUT2D eigenvalue weighted by atomic mass is 10.4. The van der Waals surface area contributed by atoms with Crippen molar-refractivity contribution in [2.75, 3.05) is 11.4 Å². The van der Waals surface area contributed by atoms with Gasteiger partial charge < -0.3 is 4.90 Å². The molecule has 16 heavy (non-hydrogen) atoms. The Hall–Kier alpha value is -0.840. The van der Waals surface area contributed by atoms with Crippen molar-refractivity contribution >= 4 is 18.2 Å². The molecule has 3 rings (SSSR count). The van der Waals surface area contributed by atoms with Crippen LogP contribution in [-0.4, -0.2) is 27.4 Å². The molecule has 88 valence electrons. The minimum Gasteiger partial charge on any atom is -0.338 e. The molecule has 2 aliphatic carbocycles. The zero-order valence-electron chi connectivity index (χ0n) is 9.65. The molecule has 2 aliphatic rings. The first-order valence-corrected chi connectivity index (χ1v) is 6.65. The Morgan fingerprint density at radius 1 is 1.44 bits per heavy atom. The van der Waals surface area contributed by atoms with Crippen LogP contribution < -0.4 is 4.90 Å². The summed E-state index contributed by atoms with van der Waals surface area (Å²) < 4.78 is 3.02. The van der Waals surface area contributed by atoms with Gasteiger partial charge >= 0.3 is 0 Å². The van der Waals surface area contributed by atoms with Crippen LogP contribution in [0.4, 0.5) is 5.95 Å². The third-order valence-electron chi connectivity index (χ3n) is 3.31. The minimum absolute atomic E-state index is 0.611. The Labute approximate surface area is 101 Å². The molecule has 4 nitrogen and oxygen atoms in total. The second-order valence-electron chi connectivity index (χ2n) is 4.85. The van der Waals surface area contributed by atoms with E-state index in [1.807, 2.05) is 0 Å². The smallest absolute Gasteiger partial charge is 0.226 e. The second-order valence-corrected chi connectivity index (χ2v) is 5.24. The topological polar surface area (TPSA) is 36.9 Å². The van der Waals surface area contributed by atoms with Crippen molar-refractivity contribution < 1.29 is 0 Å². The van der Waals surface area contributed by atoms with Crippen LogP contribution in [0.1, 0.15) is 45.1 Å². The highest BCUT2D eigenvalue weighted by molar-refractivity contribution is 7.71. The quantitative estimate of drug-likeness (QED) is 0.801. The summed E-state index contributed by atoms with van der Waals surface area (Å²) in [6.45, 7) is 3.31. The molecule has 0 spiro atoms. The molecular formula is C11H18N4S. The van der Waals surface area contributed by atoms with Crippen LogP contribution >= 0.6 is 12.2 Å². The average molecular weight is 238 g/mol. The number of H-pyrrole nitrogens is 1. The normalized spacial score (nSPS) is 20.1. The lowest BCUT2D eigenvalue weighted by Gasteiger charge is -2.22. The van der Waals surface area contributed by atoms with Crippen molar-refractivity contribution in [1.82, 2.24) is 14.8 Å². The number of aromatic amines is 1. The van der Waals surface area contributed by atoms with E-state index >= 15 is 0 Å². The molecule has 1 heterocycles. The Morgan fingerprint density at radius 3 is 2.75 bits per heavy atom. The van der Waals surface area contributed by atoms with Crippen LogP contribution in [0.15, 0.2) is 0 Å². The summed E-state index contributed by atoms with van der Waals surface area (Å²) in [7, 11) is 0. The van der Waals surface area contributed by atoms with E-state index in [1.54, 1.807) is 0 Å². The molecule has 5 heteroatoms. The molecular weight excluding hydrogens is 220 g/mol. The van der Waals surface area contributed by atoms with Crippen molar-refractivity contribution in [2.24, 2.45) is 0 Å². The molecule has 0 aliphatic heterocycles. The summed E-state index contributed by atoms with van der Waals surface area (Å²) in [5.41, 5.74) is 0. The standard InChI is InChI=1S/C11H18N4S/c1-2-7-14(8-3-4-8)10-12-13-11(16)15(10)9-5-6-9/h8-9H,2-7H2,1H3,(H,13,16). The molecule has 0 atom stereocenters. The Kier molecular flexibility index (Phi) is 2.50. The number of anilines is 1. The third-order valence-corrected chi connectivity index (χ3v) is 3.59. The van der Waals surface area contributed by atoms with Gasteiger partial charge in [-0.15, -0.1) is 5.10 Å². The number of rotatable bonds is 5. The van der Waals surface area contributed by atoms with Gasteiger partial charge in [-0.05, 0) is 44.3 Å². The third kappa shape index (κ3) is 1.77. The number of hydrogen-bond donors (Lipinski definition) is 1. The maximum Gasteiger partial charge on any atom is 0.226 e. The molecule has 0 amide bonds. The Bertz CT molecular complexity index is 427. The SMILES string of the molecule is CCCN(c1n[nH]c(=S)n1C1CC1)C1CC1. The lowest BCUT2D eigenvalue weighted by molar-refractivity contribution is 0.663. The van der Waals surface area contributed by atoms with Gasteiger partial charge in [0, 0.05) is 18.6 Å². The van der Waals surface area contributed by atoms with Gasteiger partial charge in [-0.25, -0.2) is 5.10 Å². The fraction of sp³-hybridized carbons (Fsp3) is 0.818. The van der Waals surface area contributed by atoms with E-state index in [0.29, 0.717) is 12.1 Å². The molecule has 0 unspecified atom stereocenters. The maximum absolute atomic E-state index is 5.32. The van der Waals surface area contributed by atoms with Crippen molar-refractivity contribution in [1.29, 1.82) is 0 Å². The van der Waals surface area contributed by atoms with Gasteiger partial charge in [0.15, 0.2) is 4.77 Å². The van der Waals surface area contributed by atoms with Crippen molar-refractivity contribution in [2.45, 2.75) is 51.1 Å². The summed E-state index contributed by atoms with van der Waals surface area (Å²) in [4.78, 5) is 2.44. The first-order valence-electron chi connectivity index (χ1n) is 6.24. The molecule has 1 aromatic rings. The molecule has 2 fully saturated rings. The zero-order valence-corrected chi connectivity index (χ0v) is 10.5. The molecule has 0 saturated heterocycles. The maximum atomic E-state index is 5.32. The van der Waals surface area contributed by atoms with E-state index in [4.69, 9.17) is 12.2 Å². The summed E-state index contributed by atoms with van der Waals surface area (Å²) in [6.07, 6.45) is 6.30. The molecule has 0 aromatic carbocycles. The van der Waals surface area contributed by atoms with E-state index < -0.39 is 0 Å². The summed E-state index contributed by atoms with van der Waals surface area (Å²) in [5, 5.41) is 7.38. The van der Waals surface area contributed by atoms with Crippen LogP contribution in [0.2, 0.25) is 0 Å². The largest absolute Gasteiger partial charge is 0.338 e. The predicted octanol–water partition coefficient (Wildman–Crippen LogP) is 2.65. The Balaban J connectivity index is 1.93. The van der Waals surface area contributed by atoms with Gasteiger partial charge in [-0.3, -0.25) is 4.57 Å². The molecule has 1 N–H and O–H groups in total. The first-order chi connectivity index (χ1) is 7.81. The highest BCUT2D eigenvalue weighted by Gasteiger charge is 2.35. The van der Waals surface area contributed by atoms with Crippen molar-refractivity contribution in [3.05, 3.63) is 4.77 Å². The number of nitrogens with zero attached hydrogens (tertiary/aromatic N) is 3. The molecule has 0 bridgehead atoms. The van der Waals surface area contributed by atoms with E-state index in [1.165, 1.54) is 32.1 Å². The fourth-order valence-corrected chi connectivity index (χ4v) is 2.51. The minimum atomic E-state index is 0.611. The number of aromatic nitrogens is 3. The van der Waals surface area contributed by atoms with E-state index in [-0.39, 0.29) is 0 Å². The van der Waals surface area contributed by atoms with Crippen LogP contribution in [0.3, 0.4) is 0 Å². The van der Waals surface area contributed by atoms with E-state index in [2.05, 4.69) is 26.6 Å². The van der Waals surface area contributed by atoms with Crippen molar-refractivity contribution in [3.8, 4) is 0 Å². The molecule has 1 aromatic heterocycles. The second kappa shape index (κ2) is 3.87. The first kappa shape index (κ1) is 10.3.